The Labute approximate surface area is 83.6 Å². The van der Waals surface area contributed by atoms with E-state index in [0.717, 1.165) is 23.0 Å². The van der Waals surface area contributed by atoms with Crippen molar-refractivity contribution in [2.75, 3.05) is 5.33 Å². The van der Waals surface area contributed by atoms with E-state index in [1.165, 1.54) is 0 Å². The topological polar surface area (TPSA) is 45.8 Å². The molecule has 0 amide bonds. The van der Waals surface area contributed by atoms with Crippen molar-refractivity contribution >= 4 is 32.8 Å². The van der Waals surface area contributed by atoms with Crippen molar-refractivity contribution in [3.63, 3.8) is 0 Å². The first-order valence-corrected chi connectivity index (χ1v) is 4.96. The molecule has 12 heavy (non-hydrogen) atoms. The van der Waals surface area contributed by atoms with Crippen LogP contribution in [0.4, 0.5) is 0 Å². The van der Waals surface area contributed by atoms with Gasteiger partial charge in [0.2, 0.25) is 0 Å². The maximum Gasteiger partial charge on any atom is 0.270 e. The van der Waals surface area contributed by atoms with Gasteiger partial charge >= 0.3 is 0 Å². The summed E-state index contributed by atoms with van der Waals surface area (Å²) < 4.78 is 0. The van der Waals surface area contributed by atoms with Crippen LogP contribution in [0, 0.1) is 6.92 Å². The van der Waals surface area contributed by atoms with Gasteiger partial charge in [-0.25, -0.2) is 0 Å². The molecule has 0 atom stereocenters. The third-order valence-corrected chi connectivity index (χ3v) is 2.20. The zero-order valence-electron chi connectivity index (χ0n) is 6.53. The molecule has 0 radical (unpaired) electrons. The van der Waals surface area contributed by atoms with Gasteiger partial charge in [0.1, 0.15) is 5.69 Å². The maximum atomic E-state index is 10.8. The molecule has 0 aromatic carbocycles. The highest BCUT2D eigenvalue weighted by atomic mass is 79.9. The van der Waals surface area contributed by atoms with Crippen LogP contribution < -0.4 is 0 Å². The van der Waals surface area contributed by atoms with E-state index in [4.69, 9.17) is 11.6 Å². The predicted molar refractivity (Wildman–Crippen MR) is 51.0 cm³/mol. The minimum atomic E-state index is -0.480. The van der Waals surface area contributed by atoms with Crippen LogP contribution in [0.25, 0.3) is 0 Å². The van der Waals surface area contributed by atoms with Gasteiger partial charge in [-0.1, -0.05) is 15.9 Å². The lowest BCUT2D eigenvalue weighted by atomic mass is 10.1. The number of alkyl halides is 1. The molecule has 0 bridgehead atoms. The first-order chi connectivity index (χ1) is 5.66. The van der Waals surface area contributed by atoms with E-state index >= 15 is 0 Å². The minimum absolute atomic E-state index is 0.411. The fourth-order valence-electron chi connectivity index (χ4n) is 1.02. The van der Waals surface area contributed by atoms with Gasteiger partial charge in [-0.05, 0) is 24.9 Å². The molecule has 1 aromatic heterocycles. The van der Waals surface area contributed by atoms with Crippen LogP contribution in [0.2, 0.25) is 0 Å². The summed E-state index contributed by atoms with van der Waals surface area (Å²) in [5, 5.41) is 6.83. The Bertz CT molecular complexity index is 298. The molecule has 0 spiro atoms. The summed E-state index contributed by atoms with van der Waals surface area (Å²) in [4.78, 5) is 10.8. The molecule has 1 N–H and O–H groups in total. The van der Waals surface area contributed by atoms with Crippen molar-refractivity contribution in [3.05, 3.63) is 17.0 Å². The number of hydrogen-bond donors (Lipinski definition) is 1. The molecule has 66 valence electrons. The first-order valence-electron chi connectivity index (χ1n) is 3.46. The maximum absolute atomic E-state index is 10.8. The highest BCUT2D eigenvalue weighted by molar-refractivity contribution is 9.09. The smallest absolute Gasteiger partial charge is 0.270 e. The normalized spacial score (nSPS) is 10.2. The predicted octanol–water partition coefficient (Wildman–Crippen LogP) is 2.03. The van der Waals surface area contributed by atoms with E-state index in [9.17, 15) is 4.79 Å². The molecular weight excluding hydrogens is 243 g/mol. The number of aromatic nitrogens is 2. The molecule has 0 unspecified atom stereocenters. The average Bonchev–Trinajstić information content (AvgIpc) is 2.34. The molecule has 5 heteroatoms. The van der Waals surface area contributed by atoms with E-state index in [2.05, 4.69) is 26.1 Å². The summed E-state index contributed by atoms with van der Waals surface area (Å²) in [5.74, 6) is 0. The summed E-state index contributed by atoms with van der Waals surface area (Å²) in [6.07, 6.45) is 0.760. The lowest BCUT2D eigenvalue weighted by molar-refractivity contribution is 0.107. The number of hydrogen-bond acceptors (Lipinski definition) is 2. The molecule has 0 aliphatic rings. The Kier molecular flexibility index (Phi) is 3.29. The van der Waals surface area contributed by atoms with Crippen LogP contribution in [0.1, 0.15) is 21.7 Å². The van der Waals surface area contributed by atoms with Crippen LogP contribution in [-0.2, 0) is 6.42 Å². The van der Waals surface area contributed by atoms with Crippen LogP contribution in [0.3, 0.4) is 0 Å². The number of carbonyl (C=O) groups excluding carboxylic acids is 1. The number of rotatable bonds is 3. The monoisotopic (exact) mass is 250 g/mol. The largest absolute Gasteiger partial charge is 0.274 e. The second-order valence-corrected chi connectivity index (χ2v) is 3.51. The van der Waals surface area contributed by atoms with E-state index in [0.29, 0.717) is 5.69 Å². The second kappa shape index (κ2) is 4.05. The number of carbonyl (C=O) groups is 1. The van der Waals surface area contributed by atoms with Gasteiger partial charge in [0.15, 0.2) is 0 Å². The molecule has 0 aliphatic heterocycles. The molecule has 1 heterocycles. The quantitative estimate of drug-likeness (QED) is 0.660. The molecular formula is C7H8BrClN2O. The van der Waals surface area contributed by atoms with Crippen LogP contribution in [0.15, 0.2) is 0 Å². The molecule has 0 saturated carbocycles. The van der Waals surface area contributed by atoms with Crippen LogP contribution in [0.5, 0.6) is 0 Å². The molecule has 0 saturated heterocycles. The average molecular weight is 252 g/mol. The van der Waals surface area contributed by atoms with E-state index < -0.39 is 5.24 Å². The molecule has 1 rings (SSSR count). The highest BCUT2D eigenvalue weighted by Gasteiger charge is 2.13. The number of nitrogens with zero attached hydrogens (tertiary/aromatic N) is 1. The van der Waals surface area contributed by atoms with E-state index in [1.807, 2.05) is 6.92 Å². The third-order valence-electron chi connectivity index (χ3n) is 1.61. The first kappa shape index (κ1) is 9.74. The zero-order valence-corrected chi connectivity index (χ0v) is 8.87. The van der Waals surface area contributed by atoms with Gasteiger partial charge in [-0.3, -0.25) is 9.89 Å². The molecule has 0 fully saturated rings. The van der Waals surface area contributed by atoms with Crippen molar-refractivity contribution in [1.82, 2.24) is 10.2 Å². The summed E-state index contributed by atoms with van der Waals surface area (Å²) in [6.45, 7) is 1.85. The van der Waals surface area contributed by atoms with Gasteiger partial charge in [0, 0.05) is 10.9 Å². The Morgan fingerprint density at radius 2 is 2.42 bits per heavy atom. The Hall–Kier alpha value is -0.350. The Balaban J connectivity index is 3.03. The number of halogens is 2. The van der Waals surface area contributed by atoms with Gasteiger partial charge in [-0.2, -0.15) is 5.10 Å². The molecule has 3 nitrogen and oxygen atoms in total. The summed E-state index contributed by atoms with van der Waals surface area (Å²) in [7, 11) is 0. The van der Waals surface area contributed by atoms with Crippen molar-refractivity contribution in [2.24, 2.45) is 0 Å². The zero-order chi connectivity index (χ0) is 9.14. The van der Waals surface area contributed by atoms with Gasteiger partial charge in [-0.15, -0.1) is 0 Å². The fourth-order valence-corrected chi connectivity index (χ4v) is 1.57. The molecule has 1 aromatic rings. The number of aromatic amines is 1. The van der Waals surface area contributed by atoms with E-state index in [-0.39, 0.29) is 0 Å². The summed E-state index contributed by atoms with van der Waals surface area (Å²) in [6, 6.07) is 0. The number of nitrogens with one attached hydrogen (secondary N) is 1. The van der Waals surface area contributed by atoms with Crippen LogP contribution in [-0.4, -0.2) is 20.8 Å². The second-order valence-electron chi connectivity index (χ2n) is 2.38. The van der Waals surface area contributed by atoms with E-state index in [1.54, 1.807) is 0 Å². The van der Waals surface area contributed by atoms with Crippen molar-refractivity contribution in [1.29, 1.82) is 0 Å². The summed E-state index contributed by atoms with van der Waals surface area (Å²) in [5.41, 5.74) is 2.14. The van der Waals surface area contributed by atoms with Gasteiger partial charge in [0.25, 0.3) is 5.24 Å². The fraction of sp³-hybridized carbons (Fsp3) is 0.429. The minimum Gasteiger partial charge on any atom is -0.274 e. The lowest BCUT2D eigenvalue weighted by Crippen LogP contribution is -1.97. The SMILES string of the molecule is Cc1n[nH]c(C(=O)Cl)c1CCBr. The third kappa shape index (κ3) is 1.87. The summed E-state index contributed by atoms with van der Waals surface area (Å²) >= 11 is 8.62. The lowest BCUT2D eigenvalue weighted by Gasteiger charge is -1.95. The highest BCUT2D eigenvalue weighted by Crippen LogP contribution is 2.14. The van der Waals surface area contributed by atoms with Crippen molar-refractivity contribution in [2.45, 2.75) is 13.3 Å². The number of aryl methyl sites for hydroxylation is 1. The molecule has 0 aliphatic carbocycles. The van der Waals surface area contributed by atoms with Gasteiger partial charge < -0.3 is 0 Å². The standard InChI is InChI=1S/C7H8BrClN2O/c1-4-5(2-3-8)6(7(9)12)11-10-4/h2-3H2,1H3,(H,10,11). The van der Waals surface area contributed by atoms with Crippen LogP contribution >= 0.6 is 27.5 Å². The Morgan fingerprint density at radius 3 is 2.92 bits per heavy atom. The van der Waals surface area contributed by atoms with Crippen molar-refractivity contribution < 1.29 is 4.79 Å². The Morgan fingerprint density at radius 1 is 1.75 bits per heavy atom. The van der Waals surface area contributed by atoms with Crippen molar-refractivity contribution in [3.8, 4) is 0 Å². The van der Waals surface area contributed by atoms with Gasteiger partial charge in [0.05, 0.1) is 5.69 Å². The number of H-pyrrole nitrogens is 1.